The standard InChI is InChI=1S/C16H26ClN3/c1-4-20-9-5-6-14(20)12-19(3)16-8-7-13(11-18-2)10-15(16)17/h7-8,10,14,18H,4-6,9,11-12H2,1-3H3. The summed E-state index contributed by atoms with van der Waals surface area (Å²) in [5, 5.41) is 4.00. The molecule has 4 heteroatoms. The quantitative estimate of drug-likeness (QED) is 0.870. The van der Waals surface area contributed by atoms with E-state index in [1.165, 1.54) is 24.9 Å². The van der Waals surface area contributed by atoms with E-state index in [0.29, 0.717) is 6.04 Å². The van der Waals surface area contributed by atoms with Crippen LogP contribution in [0.3, 0.4) is 0 Å². The molecule has 0 saturated carbocycles. The van der Waals surface area contributed by atoms with Crippen molar-refractivity contribution in [1.29, 1.82) is 0 Å². The van der Waals surface area contributed by atoms with Gasteiger partial charge >= 0.3 is 0 Å². The molecular formula is C16H26ClN3. The van der Waals surface area contributed by atoms with Gasteiger partial charge in [-0.25, -0.2) is 0 Å². The van der Waals surface area contributed by atoms with Crippen LogP contribution in [0.25, 0.3) is 0 Å². The molecule has 3 nitrogen and oxygen atoms in total. The lowest BCUT2D eigenvalue weighted by atomic mass is 10.1. The third-order valence-electron chi connectivity index (χ3n) is 4.19. The van der Waals surface area contributed by atoms with Crippen LogP contribution >= 0.6 is 11.6 Å². The maximum atomic E-state index is 6.43. The molecule has 1 aliphatic rings. The number of likely N-dealkylation sites (N-methyl/N-ethyl adjacent to an activating group) is 2. The maximum Gasteiger partial charge on any atom is 0.0642 e. The van der Waals surface area contributed by atoms with E-state index in [1.807, 2.05) is 7.05 Å². The molecule has 0 spiro atoms. The Bertz CT molecular complexity index is 436. The SMILES string of the molecule is CCN1CCCC1CN(C)c1ccc(CNC)cc1Cl. The lowest BCUT2D eigenvalue weighted by Crippen LogP contribution is -2.38. The monoisotopic (exact) mass is 295 g/mol. The Morgan fingerprint density at radius 3 is 2.90 bits per heavy atom. The summed E-state index contributed by atoms with van der Waals surface area (Å²) < 4.78 is 0. The van der Waals surface area contributed by atoms with Crippen LogP contribution in [0, 0.1) is 0 Å². The van der Waals surface area contributed by atoms with Gasteiger partial charge in [0.05, 0.1) is 10.7 Å². The van der Waals surface area contributed by atoms with E-state index < -0.39 is 0 Å². The molecule has 1 fully saturated rings. The van der Waals surface area contributed by atoms with E-state index in [1.54, 1.807) is 0 Å². The molecule has 20 heavy (non-hydrogen) atoms. The van der Waals surface area contributed by atoms with Gasteiger partial charge in [0.25, 0.3) is 0 Å². The van der Waals surface area contributed by atoms with Crippen molar-refractivity contribution >= 4 is 17.3 Å². The smallest absolute Gasteiger partial charge is 0.0642 e. The van der Waals surface area contributed by atoms with Crippen molar-refractivity contribution in [3.63, 3.8) is 0 Å². The van der Waals surface area contributed by atoms with Crippen molar-refractivity contribution < 1.29 is 0 Å². The molecule has 1 N–H and O–H groups in total. The molecule has 1 atom stereocenters. The highest BCUT2D eigenvalue weighted by Gasteiger charge is 2.24. The van der Waals surface area contributed by atoms with Crippen LogP contribution in [0.15, 0.2) is 18.2 Å². The summed E-state index contributed by atoms with van der Waals surface area (Å²) >= 11 is 6.43. The first-order chi connectivity index (χ1) is 9.65. The molecule has 1 heterocycles. The Morgan fingerprint density at radius 2 is 2.25 bits per heavy atom. The lowest BCUT2D eigenvalue weighted by molar-refractivity contribution is 0.270. The van der Waals surface area contributed by atoms with Crippen LogP contribution in [0.1, 0.15) is 25.3 Å². The van der Waals surface area contributed by atoms with Gasteiger partial charge in [-0.2, -0.15) is 0 Å². The molecular weight excluding hydrogens is 270 g/mol. The second-order valence-electron chi connectivity index (χ2n) is 5.62. The van der Waals surface area contributed by atoms with Crippen LogP contribution < -0.4 is 10.2 Å². The average Bonchev–Trinajstić information content (AvgIpc) is 2.86. The average molecular weight is 296 g/mol. The number of likely N-dealkylation sites (tertiary alicyclic amines) is 1. The van der Waals surface area contributed by atoms with Crippen LogP contribution in [0.4, 0.5) is 5.69 Å². The molecule has 1 aliphatic heterocycles. The molecule has 0 amide bonds. The van der Waals surface area contributed by atoms with Gasteiger partial charge in [-0.1, -0.05) is 24.6 Å². The number of nitrogens with zero attached hydrogens (tertiary/aromatic N) is 2. The Labute approximate surface area is 127 Å². The van der Waals surface area contributed by atoms with Crippen LogP contribution in [0.5, 0.6) is 0 Å². The van der Waals surface area contributed by atoms with Crippen molar-refractivity contribution in [1.82, 2.24) is 10.2 Å². The van der Waals surface area contributed by atoms with Gasteiger partial charge in [-0.15, -0.1) is 0 Å². The number of benzene rings is 1. The van der Waals surface area contributed by atoms with Gasteiger partial charge in [-0.05, 0) is 50.7 Å². The zero-order valence-corrected chi connectivity index (χ0v) is 13.6. The molecule has 0 bridgehead atoms. The second kappa shape index (κ2) is 7.30. The van der Waals surface area contributed by atoms with Crippen molar-refractivity contribution in [2.75, 3.05) is 38.6 Å². The maximum absolute atomic E-state index is 6.43. The molecule has 112 valence electrons. The first-order valence-corrected chi connectivity index (χ1v) is 7.91. The van der Waals surface area contributed by atoms with Gasteiger partial charge in [0.1, 0.15) is 0 Å². The number of hydrogen-bond acceptors (Lipinski definition) is 3. The zero-order chi connectivity index (χ0) is 14.5. The molecule has 2 rings (SSSR count). The predicted octanol–water partition coefficient (Wildman–Crippen LogP) is 2.98. The van der Waals surface area contributed by atoms with Gasteiger partial charge in [0, 0.05) is 26.2 Å². The molecule has 1 aromatic carbocycles. The molecule has 1 unspecified atom stereocenters. The Kier molecular flexibility index (Phi) is 5.70. The molecule has 1 saturated heterocycles. The molecule has 1 aromatic rings. The number of nitrogens with one attached hydrogen (secondary N) is 1. The van der Waals surface area contributed by atoms with E-state index in [9.17, 15) is 0 Å². The number of halogens is 1. The number of hydrogen-bond donors (Lipinski definition) is 1. The van der Waals surface area contributed by atoms with Crippen molar-refractivity contribution in [3.05, 3.63) is 28.8 Å². The van der Waals surface area contributed by atoms with E-state index in [2.05, 4.69) is 47.3 Å². The fraction of sp³-hybridized carbons (Fsp3) is 0.625. The van der Waals surface area contributed by atoms with Crippen molar-refractivity contribution in [2.45, 2.75) is 32.4 Å². The number of anilines is 1. The molecule has 0 aromatic heterocycles. The highest BCUT2D eigenvalue weighted by molar-refractivity contribution is 6.33. The first-order valence-electron chi connectivity index (χ1n) is 7.54. The minimum atomic E-state index is 0.665. The largest absolute Gasteiger partial charge is 0.372 e. The fourth-order valence-electron chi connectivity index (χ4n) is 3.11. The van der Waals surface area contributed by atoms with Gasteiger partial charge in [0.15, 0.2) is 0 Å². The minimum absolute atomic E-state index is 0.665. The summed E-state index contributed by atoms with van der Waals surface area (Å²) in [6.45, 7) is 6.55. The Balaban J connectivity index is 2.03. The van der Waals surface area contributed by atoms with Gasteiger partial charge in [0.2, 0.25) is 0 Å². The normalized spacial score (nSPS) is 19.5. The summed E-state index contributed by atoms with van der Waals surface area (Å²) in [4.78, 5) is 4.86. The van der Waals surface area contributed by atoms with E-state index in [-0.39, 0.29) is 0 Å². The van der Waals surface area contributed by atoms with E-state index in [4.69, 9.17) is 11.6 Å². The second-order valence-corrected chi connectivity index (χ2v) is 6.03. The van der Waals surface area contributed by atoms with E-state index >= 15 is 0 Å². The summed E-state index contributed by atoms with van der Waals surface area (Å²) in [7, 11) is 4.10. The summed E-state index contributed by atoms with van der Waals surface area (Å²) in [6.07, 6.45) is 2.62. The van der Waals surface area contributed by atoms with Gasteiger partial charge in [-0.3, -0.25) is 4.90 Å². The molecule has 0 radical (unpaired) electrons. The van der Waals surface area contributed by atoms with Crippen molar-refractivity contribution in [2.24, 2.45) is 0 Å². The van der Waals surface area contributed by atoms with Crippen molar-refractivity contribution in [3.8, 4) is 0 Å². The Morgan fingerprint density at radius 1 is 1.45 bits per heavy atom. The van der Waals surface area contributed by atoms with Gasteiger partial charge < -0.3 is 10.2 Å². The molecule has 0 aliphatic carbocycles. The van der Waals surface area contributed by atoms with Crippen LogP contribution in [-0.4, -0.2) is 44.7 Å². The van der Waals surface area contributed by atoms with Crippen LogP contribution in [-0.2, 0) is 6.54 Å². The highest BCUT2D eigenvalue weighted by Crippen LogP contribution is 2.28. The predicted molar refractivity (Wildman–Crippen MR) is 87.8 cm³/mol. The zero-order valence-electron chi connectivity index (χ0n) is 12.8. The summed E-state index contributed by atoms with van der Waals surface area (Å²) in [5.41, 5.74) is 2.36. The lowest BCUT2D eigenvalue weighted by Gasteiger charge is -2.29. The summed E-state index contributed by atoms with van der Waals surface area (Å²) in [6, 6.07) is 7.02. The number of rotatable bonds is 6. The Hall–Kier alpha value is -0.770. The highest BCUT2D eigenvalue weighted by atomic mass is 35.5. The van der Waals surface area contributed by atoms with Crippen LogP contribution in [0.2, 0.25) is 5.02 Å². The fourth-order valence-corrected chi connectivity index (χ4v) is 3.45. The minimum Gasteiger partial charge on any atom is -0.372 e. The topological polar surface area (TPSA) is 18.5 Å². The third-order valence-corrected chi connectivity index (χ3v) is 4.50. The summed E-state index contributed by atoms with van der Waals surface area (Å²) in [5.74, 6) is 0. The third kappa shape index (κ3) is 3.66. The van der Waals surface area contributed by atoms with E-state index in [0.717, 1.165) is 30.3 Å². The first kappa shape index (κ1) is 15.6.